The number of nitrogens with one attached hydrogen (secondary N) is 2. The summed E-state index contributed by atoms with van der Waals surface area (Å²) in [6.07, 6.45) is 0. The SMILES string of the molecule is O=C(NC(=S)Nc1ccccc1N1CCOCC1)c1ccc(-c2ccccc2)cc1. The monoisotopic (exact) mass is 417 g/mol. The molecular formula is C24H23N3O2S. The number of carbonyl (C=O) groups excluding carboxylic acids is 1. The molecule has 1 aliphatic heterocycles. The molecule has 3 aromatic carbocycles. The zero-order valence-electron chi connectivity index (χ0n) is 16.5. The van der Waals surface area contributed by atoms with Crippen LogP contribution in [0.4, 0.5) is 11.4 Å². The van der Waals surface area contributed by atoms with Crippen LogP contribution in [0.2, 0.25) is 0 Å². The minimum atomic E-state index is -0.240. The average molecular weight is 418 g/mol. The van der Waals surface area contributed by atoms with E-state index < -0.39 is 0 Å². The minimum absolute atomic E-state index is 0.240. The van der Waals surface area contributed by atoms with E-state index in [2.05, 4.69) is 15.5 Å². The zero-order chi connectivity index (χ0) is 20.8. The fourth-order valence-corrected chi connectivity index (χ4v) is 3.64. The number of hydrogen-bond acceptors (Lipinski definition) is 4. The predicted molar refractivity (Wildman–Crippen MR) is 125 cm³/mol. The third-order valence-corrected chi connectivity index (χ3v) is 5.19. The Hall–Kier alpha value is -3.22. The number of hydrogen-bond donors (Lipinski definition) is 2. The Morgan fingerprint density at radius 3 is 2.20 bits per heavy atom. The number of carbonyl (C=O) groups is 1. The fourth-order valence-electron chi connectivity index (χ4n) is 3.43. The fraction of sp³-hybridized carbons (Fsp3) is 0.167. The molecule has 4 rings (SSSR count). The Kier molecular flexibility index (Phi) is 6.37. The van der Waals surface area contributed by atoms with E-state index in [4.69, 9.17) is 17.0 Å². The van der Waals surface area contributed by atoms with Gasteiger partial charge in [-0.2, -0.15) is 0 Å². The van der Waals surface area contributed by atoms with Gasteiger partial charge in [-0.25, -0.2) is 0 Å². The van der Waals surface area contributed by atoms with Crippen LogP contribution in [0.1, 0.15) is 10.4 Å². The summed E-state index contributed by atoms with van der Waals surface area (Å²) in [5.41, 5.74) is 4.64. The van der Waals surface area contributed by atoms with Gasteiger partial charge in [0.2, 0.25) is 0 Å². The second kappa shape index (κ2) is 9.52. The molecule has 1 aliphatic rings. The highest BCUT2D eigenvalue weighted by molar-refractivity contribution is 7.80. The maximum absolute atomic E-state index is 12.6. The number of para-hydroxylation sites is 2. The standard InChI is InChI=1S/C24H23N3O2S/c28-23(20-12-10-19(11-13-20)18-6-2-1-3-7-18)26-24(30)25-21-8-4-5-9-22(21)27-14-16-29-17-15-27/h1-13H,14-17H2,(H2,25,26,28,30). The molecule has 0 bridgehead atoms. The molecule has 2 N–H and O–H groups in total. The highest BCUT2D eigenvalue weighted by atomic mass is 32.1. The molecule has 3 aromatic rings. The lowest BCUT2D eigenvalue weighted by atomic mass is 10.0. The largest absolute Gasteiger partial charge is 0.378 e. The van der Waals surface area contributed by atoms with Crippen LogP contribution in [0.3, 0.4) is 0 Å². The van der Waals surface area contributed by atoms with Crippen molar-refractivity contribution in [2.75, 3.05) is 36.5 Å². The van der Waals surface area contributed by atoms with E-state index in [0.29, 0.717) is 18.8 Å². The maximum atomic E-state index is 12.6. The van der Waals surface area contributed by atoms with Gasteiger partial charge in [-0.1, -0.05) is 54.6 Å². The second-order valence-electron chi connectivity index (χ2n) is 6.97. The predicted octanol–water partition coefficient (Wildman–Crippen LogP) is 4.32. The van der Waals surface area contributed by atoms with E-state index in [1.165, 1.54) is 0 Å². The summed E-state index contributed by atoms with van der Waals surface area (Å²) in [6.45, 7) is 3.06. The topological polar surface area (TPSA) is 53.6 Å². The molecule has 5 nitrogen and oxygen atoms in total. The Morgan fingerprint density at radius 2 is 1.47 bits per heavy atom. The van der Waals surface area contributed by atoms with Crippen molar-refractivity contribution in [3.63, 3.8) is 0 Å². The molecule has 152 valence electrons. The first-order chi connectivity index (χ1) is 14.7. The van der Waals surface area contributed by atoms with Crippen LogP contribution in [-0.4, -0.2) is 37.3 Å². The van der Waals surface area contributed by atoms with Crippen molar-refractivity contribution < 1.29 is 9.53 Å². The van der Waals surface area contributed by atoms with Gasteiger partial charge in [0.1, 0.15) is 0 Å². The average Bonchev–Trinajstić information content (AvgIpc) is 2.80. The van der Waals surface area contributed by atoms with Gasteiger partial charge in [-0.3, -0.25) is 10.1 Å². The molecular weight excluding hydrogens is 394 g/mol. The van der Waals surface area contributed by atoms with Crippen molar-refractivity contribution >= 4 is 34.6 Å². The van der Waals surface area contributed by atoms with E-state index >= 15 is 0 Å². The van der Waals surface area contributed by atoms with Crippen molar-refractivity contribution in [3.05, 3.63) is 84.4 Å². The molecule has 0 atom stereocenters. The Labute approximate surface area is 181 Å². The normalized spacial score (nSPS) is 13.5. The van der Waals surface area contributed by atoms with Gasteiger partial charge in [0, 0.05) is 18.7 Å². The second-order valence-corrected chi connectivity index (χ2v) is 7.38. The lowest BCUT2D eigenvalue weighted by Crippen LogP contribution is -2.38. The smallest absolute Gasteiger partial charge is 0.257 e. The van der Waals surface area contributed by atoms with E-state index in [9.17, 15) is 4.79 Å². The number of benzene rings is 3. The molecule has 0 spiro atoms. The van der Waals surface area contributed by atoms with E-state index in [1.807, 2.05) is 78.9 Å². The van der Waals surface area contributed by atoms with Gasteiger partial charge in [-0.05, 0) is 47.6 Å². The molecule has 0 radical (unpaired) electrons. The first-order valence-electron chi connectivity index (χ1n) is 9.90. The van der Waals surface area contributed by atoms with Gasteiger partial charge in [-0.15, -0.1) is 0 Å². The molecule has 0 unspecified atom stereocenters. The molecule has 0 aliphatic carbocycles. The van der Waals surface area contributed by atoms with Crippen molar-refractivity contribution in [1.82, 2.24) is 5.32 Å². The summed E-state index contributed by atoms with van der Waals surface area (Å²) in [5, 5.41) is 6.21. The van der Waals surface area contributed by atoms with E-state index in [-0.39, 0.29) is 11.0 Å². The summed E-state index contributed by atoms with van der Waals surface area (Å²) >= 11 is 5.39. The van der Waals surface area contributed by atoms with Crippen LogP contribution < -0.4 is 15.5 Å². The summed E-state index contributed by atoms with van der Waals surface area (Å²) in [6, 6.07) is 25.5. The van der Waals surface area contributed by atoms with Gasteiger partial charge in [0.25, 0.3) is 5.91 Å². The van der Waals surface area contributed by atoms with Crippen molar-refractivity contribution in [2.24, 2.45) is 0 Å². The van der Waals surface area contributed by atoms with Crippen molar-refractivity contribution in [2.45, 2.75) is 0 Å². The number of anilines is 2. The number of ether oxygens (including phenoxy) is 1. The molecule has 6 heteroatoms. The molecule has 1 amide bonds. The van der Waals surface area contributed by atoms with Gasteiger partial charge >= 0.3 is 0 Å². The number of thiocarbonyl (C=S) groups is 1. The van der Waals surface area contributed by atoms with Crippen LogP contribution in [-0.2, 0) is 4.74 Å². The molecule has 1 heterocycles. The minimum Gasteiger partial charge on any atom is -0.378 e. The zero-order valence-corrected chi connectivity index (χ0v) is 17.3. The van der Waals surface area contributed by atoms with Crippen LogP contribution >= 0.6 is 12.2 Å². The molecule has 0 saturated carbocycles. The quantitative estimate of drug-likeness (QED) is 0.620. The van der Waals surface area contributed by atoms with E-state index in [0.717, 1.165) is 35.6 Å². The van der Waals surface area contributed by atoms with Crippen molar-refractivity contribution in [1.29, 1.82) is 0 Å². The summed E-state index contributed by atoms with van der Waals surface area (Å²) < 4.78 is 5.44. The van der Waals surface area contributed by atoms with Crippen LogP contribution in [0.15, 0.2) is 78.9 Å². The molecule has 30 heavy (non-hydrogen) atoms. The van der Waals surface area contributed by atoms with E-state index in [1.54, 1.807) is 0 Å². The Morgan fingerprint density at radius 1 is 0.833 bits per heavy atom. The van der Waals surface area contributed by atoms with Crippen LogP contribution in [0.25, 0.3) is 11.1 Å². The Bertz CT molecular complexity index is 1020. The molecule has 1 saturated heterocycles. The third kappa shape index (κ3) is 4.84. The van der Waals surface area contributed by atoms with Gasteiger partial charge in [0.15, 0.2) is 5.11 Å². The van der Waals surface area contributed by atoms with Crippen LogP contribution in [0, 0.1) is 0 Å². The lowest BCUT2D eigenvalue weighted by molar-refractivity contribution is 0.0977. The Balaban J connectivity index is 1.40. The number of amides is 1. The summed E-state index contributed by atoms with van der Waals surface area (Å²) in [7, 11) is 0. The van der Waals surface area contributed by atoms with Gasteiger partial charge in [0.05, 0.1) is 24.6 Å². The molecule has 1 fully saturated rings. The van der Waals surface area contributed by atoms with Gasteiger partial charge < -0.3 is 15.0 Å². The first-order valence-corrected chi connectivity index (χ1v) is 10.3. The third-order valence-electron chi connectivity index (χ3n) is 4.99. The maximum Gasteiger partial charge on any atom is 0.257 e. The lowest BCUT2D eigenvalue weighted by Gasteiger charge is -2.30. The van der Waals surface area contributed by atoms with Crippen LogP contribution in [0.5, 0.6) is 0 Å². The number of morpholine rings is 1. The number of rotatable bonds is 4. The highest BCUT2D eigenvalue weighted by Gasteiger charge is 2.16. The molecule has 0 aromatic heterocycles. The van der Waals surface area contributed by atoms with Crippen molar-refractivity contribution in [3.8, 4) is 11.1 Å². The number of nitrogens with zero attached hydrogens (tertiary/aromatic N) is 1. The highest BCUT2D eigenvalue weighted by Crippen LogP contribution is 2.26. The summed E-state index contributed by atoms with van der Waals surface area (Å²) in [5.74, 6) is -0.240. The first kappa shape index (κ1) is 20.1. The summed E-state index contributed by atoms with van der Waals surface area (Å²) in [4.78, 5) is 14.9.